The maximum absolute atomic E-state index is 14.1. The summed E-state index contributed by atoms with van der Waals surface area (Å²) < 4.78 is 73.5. The minimum Gasteiger partial charge on any atom is -0.489 e. The van der Waals surface area contributed by atoms with Crippen LogP contribution in [0.5, 0.6) is 11.5 Å². The van der Waals surface area contributed by atoms with Gasteiger partial charge in [0.05, 0.1) is 16.4 Å². The monoisotopic (exact) mass is 421 g/mol. The summed E-state index contributed by atoms with van der Waals surface area (Å²) in [5, 5.41) is -0.110. The first-order chi connectivity index (χ1) is 14.2. The molecule has 0 atom stereocenters. The number of H-pyrrole nitrogens is 1. The highest BCUT2D eigenvalue weighted by atomic mass is 19.4. The van der Waals surface area contributed by atoms with Crippen LogP contribution in [0.1, 0.15) is 5.56 Å². The van der Waals surface area contributed by atoms with Gasteiger partial charge in [0, 0.05) is 11.5 Å². The van der Waals surface area contributed by atoms with Gasteiger partial charge in [0.2, 0.25) is 0 Å². The smallest absolute Gasteiger partial charge is 0.489 e. The first-order valence-electron chi connectivity index (χ1n) is 8.62. The van der Waals surface area contributed by atoms with Crippen molar-refractivity contribution in [1.29, 1.82) is 0 Å². The Morgan fingerprint density at radius 3 is 2.27 bits per heavy atom. The van der Waals surface area contributed by atoms with E-state index in [0.717, 1.165) is 18.2 Å². The third kappa shape index (κ3) is 4.05. The van der Waals surface area contributed by atoms with Gasteiger partial charge in [-0.25, -0.2) is 8.78 Å². The van der Waals surface area contributed by atoms with Crippen LogP contribution in [0.15, 0.2) is 59.4 Å². The summed E-state index contributed by atoms with van der Waals surface area (Å²) in [7, 11) is 0. The molecule has 0 aliphatic rings. The highest BCUT2D eigenvalue weighted by Crippen LogP contribution is 2.25. The third-order valence-corrected chi connectivity index (χ3v) is 4.35. The second-order valence-electron chi connectivity index (χ2n) is 6.45. The van der Waals surface area contributed by atoms with E-state index in [4.69, 9.17) is 4.74 Å². The molecule has 0 bridgehead atoms. The van der Waals surface area contributed by atoms with E-state index in [1.807, 2.05) is 0 Å². The molecule has 0 radical (unpaired) electrons. The number of alkyl halides is 3. The zero-order valence-corrected chi connectivity index (χ0v) is 15.0. The maximum atomic E-state index is 14.1. The van der Waals surface area contributed by atoms with Crippen LogP contribution in [0.4, 0.5) is 22.0 Å². The molecule has 0 unspecified atom stereocenters. The van der Waals surface area contributed by atoms with E-state index < -0.39 is 23.4 Å². The third-order valence-electron chi connectivity index (χ3n) is 4.35. The summed E-state index contributed by atoms with van der Waals surface area (Å²) in [6.45, 7) is 0.0167. The van der Waals surface area contributed by atoms with Crippen molar-refractivity contribution in [2.45, 2.75) is 13.0 Å². The van der Waals surface area contributed by atoms with Gasteiger partial charge >= 0.3 is 6.36 Å². The molecule has 4 rings (SSSR count). The molecule has 0 saturated carbocycles. The second kappa shape index (κ2) is 7.33. The lowest BCUT2D eigenvalue weighted by Gasteiger charge is -2.10. The number of nitrogens with one attached hydrogen (secondary N) is 1. The average molecular weight is 421 g/mol. The van der Waals surface area contributed by atoms with Gasteiger partial charge in [-0.3, -0.25) is 4.79 Å². The highest BCUT2D eigenvalue weighted by molar-refractivity contribution is 5.93. The Bertz CT molecular complexity index is 1300. The number of rotatable bonds is 4. The molecule has 4 aromatic rings. The summed E-state index contributed by atoms with van der Waals surface area (Å²) in [5.41, 5.74) is 0.368. The van der Waals surface area contributed by atoms with Crippen molar-refractivity contribution in [2.75, 3.05) is 0 Å². The minimum absolute atomic E-state index is 0.0167. The summed E-state index contributed by atoms with van der Waals surface area (Å²) in [4.78, 5) is 15.5. The zero-order valence-electron chi connectivity index (χ0n) is 15.0. The number of benzene rings is 3. The number of halogens is 5. The number of pyridine rings is 1. The SMILES string of the molecule is O=c1c2cc(OCc3ccc(OC(F)(F)F)cc3)ccc2[nH]c2cc(F)cc(F)c12. The predicted molar refractivity (Wildman–Crippen MR) is 99.4 cm³/mol. The van der Waals surface area contributed by atoms with E-state index in [1.165, 1.54) is 24.3 Å². The number of aromatic nitrogens is 1. The molecule has 0 spiro atoms. The summed E-state index contributed by atoms with van der Waals surface area (Å²) in [5.74, 6) is -1.83. The molecular weight excluding hydrogens is 409 g/mol. The normalized spacial score (nSPS) is 11.8. The molecule has 0 fully saturated rings. The number of ether oxygens (including phenoxy) is 2. The van der Waals surface area contributed by atoms with Gasteiger partial charge in [-0.2, -0.15) is 0 Å². The van der Waals surface area contributed by atoms with Crippen LogP contribution < -0.4 is 14.9 Å². The van der Waals surface area contributed by atoms with E-state index in [9.17, 15) is 26.7 Å². The van der Waals surface area contributed by atoms with Gasteiger partial charge in [0.1, 0.15) is 29.7 Å². The van der Waals surface area contributed by atoms with Gasteiger partial charge in [0.15, 0.2) is 5.43 Å². The van der Waals surface area contributed by atoms with Crippen LogP contribution in [-0.4, -0.2) is 11.3 Å². The molecule has 0 saturated heterocycles. The topological polar surface area (TPSA) is 51.3 Å². The summed E-state index contributed by atoms with van der Waals surface area (Å²) in [6.07, 6.45) is -4.77. The molecule has 1 aromatic heterocycles. The lowest BCUT2D eigenvalue weighted by atomic mass is 10.1. The quantitative estimate of drug-likeness (QED) is 0.353. The molecular formula is C21H12F5NO3. The van der Waals surface area contributed by atoms with E-state index in [-0.39, 0.29) is 28.6 Å². The second-order valence-corrected chi connectivity index (χ2v) is 6.45. The lowest BCUT2D eigenvalue weighted by molar-refractivity contribution is -0.274. The van der Waals surface area contributed by atoms with Gasteiger partial charge in [-0.05, 0) is 42.0 Å². The molecule has 4 nitrogen and oxygen atoms in total. The fourth-order valence-corrected chi connectivity index (χ4v) is 3.05. The maximum Gasteiger partial charge on any atom is 0.573 e. The molecule has 0 amide bonds. The number of fused-ring (bicyclic) bond motifs is 2. The molecule has 154 valence electrons. The standard InChI is InChI=1S/C21H12F5NO3/c22-12-7-16(23)19-18(8-12)27-17-6-5-14(9-15(17)20(19)28)29-10-11-1-3-13(4-2-11)30-21(24,25)26/h1-9H,10H2,(H,27,28). The first-order valence-corrected chi connectivity index (χ1v) is 8.62. The van der Waals surface area contributed by atoms with E-state index in [2.05, 4.69) is 9.72 Å². The Labute approximate surface area is 165 Å². The molecule has 30 heavy (non-hydrogen) atoms. The van der Waals surface area contributed by atoms with Gasteiger partial charge in [0.25, 0.3) is 0 Å². The summed E-state index contributed by atoms with van der Waals surface area (Å²) >= 11 is 0. The lowest BCUT2D eigenvalue weighted by Crippen LogP contribution is -2.17. The fourth-order valence-electron chi connectivity index (χ4n) is 3.05. The minimum atomic E-state index is -4.77. The predicted octanol–water partition coefficient (Wildman–Crippen LogP) is 5.44. The van der Waals surface area contributed by atoms with Crippen molar-refractivity contribution in [2.24, 2.45) is 0 Å². The average Bonchev–Trinajstić information content (AvgIpc) is 2.66. The van der Waals surface area contributed by atoms with Crippen LogP contribution in [0.2, 0.25) is 0 Å². The van der Waals surface area contributed by atoms with Gasteiger partial charge < -0.3 is 14.5 Å². The van der Waals surface area contributed by atoms with E-state index in [0.29, 0.717) is 22.9 Å². The van der Waals surface area contributed by atoms with Crippen molar-refractivity contribution < 1.29 is 31.4 Å². The van der Waals surface area contributed by atoms with Crippen molar-refractivity contribution >= 4 is 21.8 Å². The van der Waals surface area contributed by atoms with Crippen LogP contribution in [0.25, 0.3) is 21.8 Å². The molecule has 3 aromatic carbocycles. The largest absolute Gasteiger partial charge is 0.573 e. The van der Waals surface area contributed by atoms with Crippen LogP contribution in [0.3, 0.4) is 0 Å². The fraction of sp³-hybridized carbons (Fsp3) is 0.0952. The zero-order chi connectivity index (χ0) is 21.5. The Balaban J connectivity index is 1.59. The Hall–Kier alpha value is -3.62. The van der Waals surface area contributed by atoms with Crippen LogP contribution >= 0.6 is 0 Å². The Morgan fingerprint density at radius 1 is 0.867 bits per heavy atom. The Morgan fingerprint density at radius 2 is 1.57 bits per heavy atom. The highest BCUT2D eigenvalue weighted by Gasteiger charge is 2.30. The molecule has 9 heteroatoms. The number of hydrogen-bond donors (Lipinski definition) is 1. The van der Waals surface area contributed by atoms with Gasteiger partial charge in [-0.15, -0.1) is 13.2 Å². The molecule has 0 aliphatic heterocycles. The molecule has 0 aliphatic carbocycles. The van der Waals surface area contributed by atoms with Crippen molar-refractivity contribution in [3.63, 3.8) is 0 Å². The first kappa shape index (κ1) is 19.7. The van der Waals surface area contributed by atoms with E-state index >= 15 is 0 Å². The number of hydrogen-bond acceptors (Lipinski definition) is 3. The number of aromatic amines is 1. The van der Waals surface area contributed by atoms with Crippen LogP contribution in [0, 0.1) is 11.6 Å². The van der Waals surface area contributed by atoms with Crippen molar-refractivity contribution in [3.8, 4) is 11.5 Å². The summed E-state index contributed by atoms with van der Waals surface area (Å²) in [6, 6.07) is 11.3. The van der Waals surface area contributed by atoms with Gasteiger partial charge in [-0.1, -0.05) is 12.1 Å². The molecule has 1 N–H and O–H groups in total. The van der Waals surface area contributed by atoms with E-state index in [1.54, 1.807) is 6.07 Å². The van der Waals surface area contributed by atoms with Crippen molar-refractivity contribution in [3.05, 3.63) is 82.0 Å². The Kier molecular flexibility index (Phi) is 4.81. The van der Waals surface area contributed by atoms with Crippen molar-refractivity contribution in [1.82, 2.24) is 4.98 Å². The van der Waals surface area contributed by atoms with Crippen LogP contribution in [-0.2, 0) is 6.61 Å². The molecule has 1 heterocycles.